The Morgan fingerprint density at radius 1 is 1.11 bits per heavy atom. The van der Waals surface area contributed by atoms with Crippen LogP contribution in [0, 0.1) is 0 Å². The Balaban J connectivity index is 1.60. The van der Waals surface area contributed by atoms with E-state index in [0.29, 0.717) is 31.9 Å². The van der Waals surface area contributed by atoms with Crippen molar-refractivity contribution in [3.05, 3.63) is 40.8 Å². The van der Waals surface area contributed by atoms with Gasteiger partial charge >= 0.3 is 0 Å². The van der Waals surface area contributed by atoms with Crippen LogP contribution in [0.2, 0.25) is 5.15 Å². The Morgan fingerprint density at radius 2 is 1.94 bits per heavy atom. The molecule has 2 aromatic heterocycles. The van der Waals surface area contributed by atoms with E-state index in [2.05, 4.69) is 15.3 Å². The highest BCUT2D eigenvalue weighted by molar-refractivity contribution is 7.90. The maximum absolute atomic E-state index is 14.0. The van der Waals surface area contributed by atoms with Gasteiger partial charge in [0.1, 0.15) is 16.9 Å². The Hall–Kier alpha value is -2.34. The fourth-order valence-electron chi connectivity index (χ4n) is 4.86. The van der Waals surface area contributed by atoms with Crippen LogP contribution in [0.1, 0.15) is 62.1 Å². The summed E-state index contributed by atoms with van der Waals surface area (Å²) in [6.45, 7) is 1.69. The van der Waals surface area contributed by atoms with Gasteiger partial charge in [0.15, 0.2) is 21.3 Å². The molecule has 1 unspecified atom stereocenters. The van der Waals surface area contributed by atoms with Crippen molar-refractivity contribution in [2.24, 2.45) is 0 Å². The third-order valence-electron chi connectivity index (χ3n) is 6.59. The third kappa shape index (κ3) is 5.06. The first kappa shape index (κ1) is 25.3. The molecule has 4 heterocycles. The summed E-state index contributed by atoms with van der Waals surface area (Å²) >= 11 is 6.29. The lowest BCUT2D eigenvalue weighted by Crippen LogP contribution is -2.20. The highest BCUT2D eigenvalue weighted by Gasteiger charge is 2.29. The van der Waals surface area contributed by atoms with Crippen molar-refractivity contribution in [1.29, 1.82) is 0 Å². The number of alkyl halides is 2. The molecule has 1 aromatic carbocycles. The van der Waals surface area contributed by atoms with Gasteiger partial charge in [0, 0.05) is 31.5 Å². The number of hydrogen-bond donors (Lipinski definition) is 1. The average Bonchev–Trinajstić information content (AvgIpc) is 3.24. The quantitative estimate of drug-likeness (QED) is 0.397. The number of sulfone groups is 1. The Bertz CT molecular complexity index is 1370. The third-order valence-corrected chi connectivity index (χ3v) is 7.92. The number of nitrogens with one attached hydrogen (secondary N) is 1. The molecule has 2 saturated heterocycles. The lowest BCUT2D eigenvalue weighted by Gasteiger charge is -2.25. The molecule has 2 aliphatic heterocycles. The number of imidazole rings is 1. The Labute approximate surface area is 212 Å². The molecule has 12 heteroatoms. The predicted octanol–water partition coefficient (Wildman–Crippen LogP) is 5.76. The topological polar surface area (TPSA) is 95.3 Å². The molecule has 0 bridgehead atoms. The highest BCUT2D eigenvalue weighted by Crippen LogP contribution is 2.38. The van der Waals surface area contributed by atoms with Crippen molar-refractivity contribution in [2.45, 2.75) is 55.6 Å². The number of pyridine rings is 1. The minimum absolute atomic E-state index is 0.0552. The van der Waals surface area contributed by atoms with Crippen molar-refractivity contribution in [2.75, 3.05) is 31.4 Å². The molecule has 0 aliphatic carbocycles. The molecule has 194 valence electrons. The minimum atomic E-state index is -3.63. The van der Waals surface area contributed by atoms with Crippen LogP contribution < -0.4 is 5.32 Å². The number of hydrogen-bond acceptors (Lipinski definition) is 7. The van der Waals surface area contributed by atoms with Gasteiger partial charge in [-0.2, -0.15) is 0 Å². The summed E-state index contributed by atoms with van der Waals surface area (Å²) in [5.41, 5.74) is 1.76. The molecule has 36 heavy (non-hydrogen) atoms. The van der Waals surface area contributed by atoms with Crippen LogP contribution in [0.3, 0.4) is 0 Å². The number of anilines is 2. The van der Waals surface area contributed by atoms with Gasteiger partial charge in [-0.3, -0.25) is 4.57 Å². The summed E-state index contributed by atoms with van der Waals surface area (Å²) in [6.07, 6.45) is 1.69. The van der Waals surface area contributed by atoms with Crippen molar-refractivity contribution in [3.63, 3.8) is 0 Å². The predicted molar refractivity (Wildman–Crippen MR) is 132 cm³/mol. The van der Waals surface area contributed by atoms with E-state index < -0.39 is 28.3 Å². The van der Waals surface area contributed by atoms with E-state index in [9.17, 15) is 17.2 Å². The number of aromatic nitrogens is 3. The van der Waals surface area contributed by atoms with Gasteiger partial charge in [-0.1, -0.05) is 17.7 Å². The van der Waals surface area contributed by atoms with Crippen LogP contribution in [0.15, 0.2) is 29.2 Å². The van der Waals surface area contributed by atoms with Gasteiger partial charge in [0.05, 0.1) is 22.9 Å². The zero-order valence-electron chi connectivity index (χ0n) is 19.7. The molecule has 0 amide bonds. The van der Waals surface area contributed by atoms with Gasteiger partial charge in [-0.15, -0.1) is 0 Å². The van der Waals surface area contributed by atoms with Gasteiger partial charge in [-0.05, 0) is 49.8 Å². The first-order valence-corrected chi connectivity index (χ1v) is 14.2. The number of nitrogens with zero attached hydrogens (tertiary/aromatic N) is 3. The van der Waals surface area contributed by atoms with E-state index in [1.54, 1.807) is 12.1 Å². The standard InChI is InChI=1S/C24H27ClF2N4O4S/c1-36(32,33)18-11-14(15-5-4-9-34-13-15)7-8-16(18)28-17-12-19(25)29-23-21(17)30-24(22(26)27)31(23)20-6-2-3-10-35-20/h7-8,11-12,15,20,22H,2-6,9-10,13H2,1H3,(H,28,29)/t15-,20?/m1/s1. The molecule has 1 N–H and O–H groups in total. The summed E-state index contributed by atoms with van der Waals surface area (Å²) in [5, 5.41) is 3.13. The summed E-state index contributed by atoms with van der Waals surface area (Å²) < 4.78 is 66.1. The van der Waals surface area contributed by atoms with E-state index in [0.717, 1.165) is 37.5 Å². The fourth-order valence-corrected chi connectivity index (χ4v) is 5.92. The number of fused-ring (bicyclic) bond motifs is 1. The summed E-state index contributed by atoms with van der Waals surface area (Å²) in [6, 6.07) is 6.63. The van der Waals surface area contributed by atoms with E-state index in [-0.39, 0.29) is 32.8 Å². The summed E-state index contributed by atoms with van der Waals surface area (Å²) in [5.74, 6) is -0.360. The monoisotopic (exact) mass is 540 g/mol. The van der Waals surface area contributed by atoms with Gasteiger partial charge in [0.25, 0.3) is 6.43 Å². The average molecular weight is 541 g/mol. The molecule has 2 aliphatic rings. The molecule has 5 rings (SSSR count). The minimum Gasteiger partial charge on any atom is -0.381 e. The molecule has 2 atom stereocenters. The summed E-state index contributed by atoms with van der Waals surface area (Å²) in [4.78, 5) is 8.57. The Kier molecular flexibility index (Phi) is 7.17. The van der Waals surface area contributed by atoms with E-state index in [4.69, 9.17) is 21.1 Å². The maximum Gasteiger partial charge on any atom is 0.295 e. The normalized spacial score (nSPS) is 21.2. The second kappa shape index (κ2) is 10.2. The highest BCUT2D eigenvalue weighted by atomic mass is 35.5. The number of halogens is 3. The lowest BCUT2D eigenvalue weighted by molar-refractivity contribution is -0.0363. The summed E-state index contributed by atoms with van der Waals surface area (Å²) in [7, 11) is -3.63. The van der Waals surface area contributed by atoms with Gasteiger partial charge in [0.2, 0.25) is 0 Å². The van der Waals surface area contributed by atoms with Gasteiger partial charge in [-0.25, -0.2) is 27.2 Å². The van der Waals surface area contributed by atoms with Crippen molar-refractivity contribution in [1.82, 2.24) is 14.5 Å². The molecule has 8 nitrogen and oxygen atoms in total. The van der Waals surface area contributed by atoms with Crippen LogP contribution in [0.25, 0.3) is 11.2 Å². The van der Waals surface area contributed by atoms with Crippen molar-refractivity contribution in [3.8, 4) is 0 Å². The lowest BCUT2D eigenvalue weighted by atomic mass is 9.93. The molecular formula is C24H27ClF2N4O4S. The molecule has 2 fully saturated rings. The Morgan fingerprint density at radius 3 is 2.61 bits per heavy atom. The van der Waals surface area contributed by atoms with E-state index in [1.807, 2.05) is 6.07 Å². The van der Waals surface area contributed by atoms with Crippen LogP contribution in [0.5, 0.6) is 0 Å². The maximum atomic E-state index is 14.0. The first-order chi connectivity index (χ1) is 17.2. The smallest absolute Gasteiger partial charge is 0.295 e. The molecule has 0 spiro atoms. The SMILES string of the molecule is CS(=O)(=O)c1cc([C@@H]2CCCOC2)ccc1Nc1cc(Cl)nc2c1nc(C(F)F)n2C1CCCCO1. The number of ether oxygens (including phenoxy) is 2. The zero-order valence-corrected chi connectivity index (χ0v) is 21.3. The second-order valence-corrected chi connectivity index (χ2v) is 11.6. The van der Waals surface area contributed by atoms with Crippen LogP contribution >= 0.6 is 11.6 Å². The van der Waals surface area contributed by atoms with Crippen molar-refractivity contribution < 1.29 is 26.7 Å². The van der Waals surface area contributed by atoms with Crippen LogP contribution in [0.4, 0.5) is 20.2 Å². The fraction of sp³-hybridized carbons (Fsp3) is 0.500. The van der Waals surface area contributed by atoms with Gasteiger partial charge < -0.3 is 14.8 Å². The largest absolute Gasteiger partial charge is 0.381 e. The van der Waals surface area contributed by atoms with Crippen LogP contribution in [-0.2, 0) is 19.3 Å². The molecule has 3 aromatic rings. The van der Waals surface area contributed by atoms with E-state index in [1.165, 1.54) is 10.6 Å². The molecule has 0 saturated carbocycles. The number of benzene rings is 1. The van der Waals surface area contributed by atoms with Crippen LogP contribution in [-0.4, -0.2) is 49.0 Å². The zero-order chi connectivity index (χ0) is 25.4. The second-order valence-electron chi connectivity index (χ2n) is 9.19. The molecular weight excluding hydrogens is 514 g/mol. The van der Waals surface area contributed by atoms with E-state index >= 15 is 0 Å². The van der Waals surface area contributed by atoms with Crippen molar-refractivity contribution >= 4 is 44.0 Å². The number of rotatable bonds is 6. The first-order valence-electron chi connectivity index (χ1n) is 11.9. The molecule has 0 radical (unpaired) electrons.